The minimum absolute atomic E-state index is 0.166. The van der Waals surface area contributed by atoms with Gasteiger partial charge in [0.25, 0.3) is 0 Å². The van der Waals surface area contributed by atoms with Crippen LogP contribution in [0.3, 0.4) is 0 Å². The van der Waals surface area contributed by atoms with Crippen molar-refractivity contribution < 1.29 is 0 Å². The molecular weight excluding hydrogens is 220 g/mol. The fourth-order valence-corrected chi connectivity index (χ4v) is 2.06. The molecule has 0 aliphatic rings. The summed E-state index contributed by atoms with van der Waals surface area (Å²) in [4.78, 5) is 0. The van der Waals surface area contributed by atoms with Crippen LogP contribution in [-0.2, 0) is 6.42 Å². The summed E-state index contributed by atoms with van der Waals surface area (Å²) in [6.07, 6.45) is 1.84. The first-order chi connectivity index (χ1) is 7.28. The largest absolute Gasteiger partial charge is 0.398 e. The molecule has 16 heavy (non-hydrogen) atoms. The Labute approximate surface area is 103 Å². The molecule has 0 amide bonds. The van der Waals surface area contributed by atoms with Crippen molar-refractivity contribution in [3.63, 3.8) is 0 Å². The number of anilines is 1. The van der Waals surface area contributed by atoms with Crippen molar-refractivity contribution in [3.05, 3.63) is 28.8 Å². The summed E-state index contributed by atoms with van der Waals surface area (Å²) in [5, 5.41) is 0.612. The zero-order valence-electron chi connectivity index (χ0n) is 10.3. The summed E-state index contributed by atoms with van der Waals surface area (Å²) < 4.78 is 0. The average molecular weight is 241 g/mol. The molecule has 1 aromatic carbocycles. The van der Waals surface area contributed by atoms with Crippen LogP contribution in [-0.4, -0.2) is 6.04 Å². The average Bonchev–Trinajstić information content (AvgIpc) is 2.08. The van der Waals surface area contributed by atoms with E-state index in [1.165, 1.54) is 0 Å². The molecule has 1 rings (SSSR count). The minimum atomic E-state index is 0.166. The molecule has 0 radical (unpaired) electrons. The Morgan fingerprint density at radius 2 is 1.94 bits per heavy atom. The summed E-state index contributed by atoms with van der Waals surface area (Å²) in [5.74, 6) is 0. The van der Waals surface area contributed by atoms with E-state index in [2.05, 4.69) is 20.8 Å². The van der Waals surface area contributed by atoms with Gasteiger partial charge >= 0.3 is 0 Å². The summed E-state index contributed by atoms with van der Waals surface area (Å²) in [7, 11) is 0. The van der Waals surface area contributed by atoms with Gasteiger partial charge in [0, 0.05) is 6.04 Å². The van der Waals surface area contributed by atoms with Crippen LogP contribution < -0.4 is 11.5 Å². The van der Waals surface area contributed by atoms with E-state index in [0.29, 0.717) is 10.7 Å². The number of hydrogen-bond donors (Lipinski definition) is 2. The van der Waals surface area contributed by atoms with E-state index in [0.717, 1.165) is 18.4 Å². The van der Waals surface area contributed by atoms with Crippen LogP contribution in [0.25, 0.3) is 0 Å². The molecule has 1 unspecified atom stereocenters. The smallest absolute Gasteiger partial charge is 0.0638 e. The number of benzene rings is 1. The third-order valence-electron chi connectivity index (χ3n) is 2.44. The second-order valence-corrected chi connectivity index (χ2v) is 5.99. The molecule has 0 aromatic heterocycles. The van der Waals surface area contributed by atoms with Crippen LogP contribution in [0.5, 0.6) is 0 Å². The maximum Gasteiger partial charge on any atom is 0.0638 e. The second-order valence-electron chi connectivity index (χ2n) is 5.58. The van der Waals surface area contributed by atoms with Crippen LogP contribution in [0, 0.1) is 5.41 Å². The molecule has 1 aromatic rings. The van der Waals surface area contributed by atoms with Crippen molar-refractivity contribution in [2.75, 3.05) is 5.73 Å². The van der Waals surface area contributed by atoms with E-state index in [9.17, 15) is 0 Å². The van der Waals surface area contributed by atoms with E-state index < -0.39 is 0 Å². The summed E-state index contributed by atoms with van der Waals surface area (Å²) in [6.45, 7) is 6.59. The standard InChI is InChI=1S/C13H21ClN2/c1-13(2,3)8-10(15)6-9-4-5-12(16)11(14)7-9/h4-5,7,10H,6,8,15-16H2,1-3H3. The highest BCUT2D eigenvalue weighted by molar-refractivity contribution is 6.33. The zero-order chi connectivity index (χ0) is 12.3. The lowest BCUT2D eigenvalue weighted by Crippen LogP contribution is -2.28. The Morgan fingerprint density at radius 3 is 2.44 bits per heavy atom. The highest BCUT2D eigenvalue weighted by Gasteiger charge is 2.16. The molecule has 0 aliphatic carbocycles. The Hall–Kier alpha value is -0.730. The zero-order valence-corrected chi connectivity index (χ0v) is 11.0. The number of halogens is 1. The number of nitrogens with two attached hydrogens (primary N) is 2. The first-order valence-electron chi connectivity index (χ1n) is 5.57. The second kappa shape index (κ2) is 5.07. The van der Waals surface area contributed by atoms with Gasteiger partial charge in [-0.15, -0.1) is 0 Å². The quantitative estimate of drug-likeness (QED) is 0.797. The number of rotatable bonds is 3. The van der Waals surface area contributed by atoms with Crippen molar-refractivity contribution >= 4 is 17.3 Å². The van der Waals surface area contributed by atoms with E-state index >= 15 is 0 Å². The number of nitrogen functional groups attached to an aromatic ring is 1. The molecular formula is C13H21ClN2. The van der Waals surface area contributed by atoms with Crippen LogP contribution >= 0.6 is 11.6 Å². The summed E-state index contributed by atoms with van der Waals surface area (Å²) in [6, 6.07) is 5.89. The van der Waals surface area contributed by atoms with Crippen LogP contribution in [0.2, 0.25) is 5.02 Å². The van der Waals surface area contributed by atoms with Gasteiger partial charge in [-0.2, -0.15) is 0 Å². The minimum Gasteiger partial charge on any atom is -0.398 e. The lowest BCUT2D eigenvalue weighted by molar-refractivity contribution is 0.338. The van der Waals surface area contributed by atoms with Gasteiger partial charge in [-0.05, 0) is 36.0 Å². The molecule has 0 aliphatic heterocycles. The topological polar surface area (TPSA) is 52.0 Å². The van der Waals surface area contributed by atoms with Crippen molar-refractivity contribution in [2.24, 2.45) is 11.1 Å². The lowest BCUT2D eigenvalue weighted by Gasteiger charge is -2.23. The van der Waals surface area contributed by atoms with Gasteiger partial charge < -0.3 is 11.5 Å². The third-order valence-corrected chi connectivity index (χ3v) is 2.76. The van der Waals surface area contributed by atoms with Gasteiger partial charge in [0.2, 0.25) is 0 Å². The lowest BCUT2D eigenvalue weighted by atomic mass is 9.86. The maximum atomic E-state index is 6.11. The van der Waals surface area contributed by atoms with Crippen molar-refractivity contribution in [3.8, 4) is 0 Å². The Bertz CT molecular complexity index is 355. The first-order valence-corrected chi connectivity index (χ1v) is 5.95. The summed E-state index contributed by atoms with van der Waals surface area (Å²) in [5.41, 5.74) is 13.8. The van der Waals surface area contributed by atoms with Crippen molar-refractivity contribution in [1.82, 2.24) is 0 Å². The molecule has 2 nitrogen and oxygen atoms in total. The predicted molar refractivity (Wildman–Crippen MR) is 71.6 cm³/mol. The fraction of sp³-hybridized carbons (Fsp3) is 0.538. The maximum absolute atomic E-state index is 6.11. The Morgan fingerprint density at radius 1 is 1.31 bits per heavy atom. The monoisotopic (exact) mass is 240 g/mol. The molecule has 3 heteroatoms. The van der Waals surface area contributed by atoms with E-state index in [-0.39, 0.29) is 11.5 Å². The predicted octanol–water partition coefficient (Wildman–Crippen LogP) is 3.23. The van der Waals surface area contributed by atoms with Gasteiger partial charge in [-0.3, -0.25) is 0 Å². The van der Waals surface area contributed by atoms with Gasteiger partial charge in [0.15, 0.2) is 0 Å². The van der Waals surface area contributed by atoms with Crippen LogP contribution in [0.15, 0.2) is 18.2 Å². The molecule has 4 N–H and O–H groups in total. The molecule has 0 spiro atoms. The molecule has 0 fully saturated rings. The van der Waals surface area contributed by atoms with E-state index in [1.54, 1.807) is 0 Å². The van der Waals surface area contributed by atoms with Crippen molar-refractivity contribution in [1.29, 1.82) is 0 Å². The highest BCUT2D eigenvalue weighted by Crippen LogP contribution is 2.24. The summed E-state index contributed by atoms with van der Waals surface area (Å²) >= 11 is 5.96. The fourth-order valence-electron chi connectivity index (χ4n) is 1.86. The van der Waals surface area contributed by atoms with Gasteiger partial charge in [-0.1, -0.05) is 38.4 Å². The van der Waals surface area contributed by atoms with Gasteiger partial charge in [0.05, 0.1) is 10.7 Å². The van der Waals surface area contributed by atoms with Crippen LogP contribution in [0.1, 0.15) is 32.8 Å². The normalized spacial score (nSPS) is 13.8. The first kappa shape index (κ1) is 13.3. The molecule has 0 saturated carbocycles. The number of hydrogen-bond acceptors (Lipinski definition) is 2. The molecule has 90 valence electrons. The van der Waals surface area contributed by atoms with Gasteiger partial charge in [-0.25, -0.2) is 0 Å². The Balaban J connectivity index is 2.63. The van der Waals surface area contributed by atoms with Crippen molar-refractivity contribution in [2.45, 2.75) is 39.7 Å². The molecule has 0 heterocycles. The van der Waals surface area contributed by atoms with E-state index in [1.807, 2.05) is 18.2 Å². The van der Waals surface area contributed by atoms with Gasteiger partial charge in [0.1, 0.15) is 0 Å². The Kier molecular flexibility index (Phi) is 4.22. The molecule has 0 bridgehead atoms. The SMILES string of the molecule is CC(C)(C)CC(N)Cc1ccc(N)c(Cl)c1. The van der Waals surface area contributed by atoms with Crippen LogP contribution in [0.4, 0.5) is 5.69 Å². The highest BCUT2D eigenvalue weighted by atomic mass is 35.5. The molecule has 0 saturated heterocycles. The molecule has 1 atom stereocenters. The van der Waals surface area contributed by atoms with E-state index in [4.69, 9.17) is 23.1 Å². The third kappa shape index (κ3) is 4.42.